The molecule has 0 atom stereocenters. The maximum absolute atomic E-state index is 8.37. The van der Waals surface area contributed by atoms with Crippen LogP contribution in [-0.2, 0) is 0 Å². The molecule has 0 aliphatic heterocycles. The third-order valence-corrected chi connectivity index (χ3v) is 2.24. The van der Waals surface area contributed by atoms with E-state index in [0.717, 1.165) is 10.8 Å². The number of fused-ring (bicyclic) bond motifs is 1. The van der Waals surface area contributed by atoms with Crippen molar-refractivity contribution < 1.29 is 9.94 Å². The molecule has 0 spiro atoms. The van der Waals surface area contributed by atoms with Gasteiger partial charge in [-0.15, -0.1) is 0 Å². The van der Waals surface area contributed by atoms with Gasteiger partial charge in [-0.1, -0.05) is 35.5 Å². The molecule has 0 aliphatic rings. The standard InChI is InChI=1S/C12H12N2O2/c13-12(14-15)8-16-11-6-5-9-3-1-2-4-10(9)7-11/h1-7,15H,8H2,(H2,13,14). The lowest BCUT2D eigenvalue weighted by Crippen LogP contribution is -2.20. The molecule has 0 bridgehead atoms. The second-order valence-electron chi connectivity index (χ2n) is 3.39. The number of nitrogens with two attached hydrogens (primary N) is 1. The van der Waals surface area contributed by atoms with Gasteiger partial charge in [-0.25, -0.2) is 0 Å². The zero-order valence-electron chi connectivity index (χ0n) is 8.63. The van der Waals surface area contributed by atoms with E-state index in [1.54, 1.807) is 0 Å². The molecule has 2 aromatic carbocycles. The molecule has 3 N–H and O–H groups in total. The van der Waals surface area contributed by atoms with Crippen LogP contribution in [0.2, 0.25) is 0 Å². The van der Waals surface area contributed by atoms with Gasteiger partial charge in [0.15, 0.2) is 5.84 Å². The molecular weight excluding hydrogens is 204 g/mol. The third kappa shape index (κ3) is 2.23. The molecule has 0 saturated heterocycles. The number of hydrogen-bond donors (Lipinski definition) is 2. The molecule has 0 aromatic heterocycles. The Morgan fingerprint density at radius 2 is 1.94 bits per heavy atom. The van der Waals surface area contributed by atoms with E-state index in [1.807, 2.05) is 42.5 Å². The highest BCUT2D eigenvalue weighted by atomic mass is 16.5. The molecule has 16 heavy (non-hydrogen) atoms. The van der Waals surface area contributed by atoms with Crippen molar-refractivity contribution in [1.29, 1.82) is 0 Å². The van der Waals surface area contributed by atoms with Gasteiger partial charge in [-0.2, -0.15) is 0 Å². The lowest BCUT2D eigenvalue weighted by molar-refractivity contribution is 0.306. The van der Waals surface area contributed by atoms with Crippen LogP contribution in [0, 0.1) is 0 Å². The average molecular weight is 216 g/mol. The Hall–Kier alpha value is -2.23. The average Bonchev–Trinajstić information content (AvgIpc) is 2.35. The number of hydrogen-bond acceptors (Lipinski definition) is 3. The summed E-state index contributed by atoms with van der Waals surface area (Å²) in [7, 11) is 0. The van der Waals surface area contributed by atoms with E-state index >= 15 is 0 Å². The van der Waals surface area contributed by atoms with Crippen molar-refractivity contribution in [2.45, 2.75) is 0 Å². The summed E-state index contributed by atoms with van der Waals surface area (Å²) >= 11 is 0. The quantitative estimate of drug-likeness (QED) is 0.356. The summed E-state index contributed by atoms with van der Waals surface area (Å²) in [6, 6.07) is 13.7. The van der Waals surface area contributed by atoms with Crippen molar-refractivity contribution in [3.63, 3.8) is 0 Å². The van der Waals surface area contributed by atoms with Gasteiger partial charge in [0.05, 0.1) is 0 Å². The smallest absolute Gasteiger partial charge is 0.177 e. The molecule has 82 valence electrons. The third-order valence-electron chi connectivity index (χ3n) is 2.24. The molecule has 0 unspecified atom stereocenters. The predicted octanol–water partition coefficient (Wildman–Crippen LogP) is 1.96. The molecule has 0 saturated carbocycles. The number of oxime groups is 1. The summed E-state index contributed by atoms with van der Waals surface area (Å²) < 4.78 is 5.35. The second kappa shape index (κ2) is 4.53. The summed E-state index contributed by atoms with van der Waals surface area (Å²) in [5.74, 6) is 0.749. The normalized spacial score (nSPS) is 11.6. The fourth-order valence-corrected chi connectivity index (χ4v) is 1.44. The minimum atomic E-state index is 0.0492. The largest absolute Gasteiger partial charge is 0.486 e. The second-order valence-corrected chi connectivity index (χ2v) is 3.39. The molecule has 4 heteroatoms. The van der Waals surface area contributed by atoms with E-state index < -0.39 is 0 Å². The van der Waals surface area contributed by atoms with Gasteiger partial charge < -0.3 is 15.7 Å². The Kier molecular flexibility index (Phi) is 2.91. The van der Waals surface area contributed by atoms with Crippen LogP contribution in [0.1, 0.15) is 0 Å². The lowest BCUT2D eigenvalue weighted by atomic mass is 10.1. The Bertz CT molecular complexity index is 523. The van der Waals surface area contributed by atoms with Crippen LogP contribution in [0.5, 0.6) is 5.75 Å². The first kappa shape index (κ1) is 10.3. The maximum atomic E-state index is 8.37. The molecule has 4 nitrogen and oxygen atoms in total. The molecule has 0 aliphatic carbocycles. The highest BCUT2D eigenvalue weighted by molar-refractivity contribution is 5.84. The van der Waals surface area contributed by atoms with Crippen molar-refractivity contribution in [1.82, 2.24) is 0 Å². The molecule has 0 heterocycles. The van der Waals surface area contributed by atoms with E-state index in [9.17, 15) is 0 Å². The summed E-state index contributed by atoms with van der Waals surface area (Å²) in [6.07, 6.45) is 0. The van der Waals surface area contributed by atoms with Crippen LogP contribution in [0.3, 0.4) is 0 Å². The highest BCUT2D eigenvalue weighted by Crippen LogP contribution is 2.20. The van der Waals surface area contributed by atoms with Crippen LogP contribution in [-0.4, -0.2) is 17.6 Å². The fraction of sp³-hybridized carbons (Fsp3) is 0.0833. The SMILES string of the molecule is N/C(COc1ccc2ccccc2c1)=N/O. The lowest BCUT2D eigenvalue weighted by Gasteiger charge is -2.05. The van der Waals surface area contributed by atoms with Crippen LogP contribution < -0.4 is 10.5 Å². The van der Waals surface area contributed by atoms with Gasteiger partial charge in [0, 0.05) is 0 Å². The van der Waals surface area contributed by atoms with E-state index in [-0.39, 0.29) is 12.4 Å². The van der Waals surface area contributed by atoms with Crippen molar-refractivity contribution in [2.75, 3.05) is 6.61 Å². The molecule has 2 aromatic rings. The summed E-state index contributed by atoms with van der Waals surface area (Å²) in [5, 5.41) is 13.5. The van der Waals surface area contributed by atoms with Crippen LogP contribution in [0.15, 0.2) is 47.6 Å². The van der Waals surface area contributed by atoms with E-state index in [0.29, 0.717) is 5.75 Å². The molecule has 0 radical (unpaired) electrons. The zero-order chi connectivity index (χ0) is 11.4. The monoisotopic (exact) mass is 216 g/mol. The number of benzene rings is 2. The van der Waals surface area contributed by atoms with Gasteiger partial charge in [0.25, 0.3) is 0 Å². The Labute approximate surface area is 92.9 Å². The van der Waals surface area contributed by atoms with Gasteiger partial charge in [0.1, 0.15) is 12.4 Å². The topological polar surface area (TPSA) is 67.8 Å². The first-order valence-corrected chi connectivity index (χ1v) is 4.87. The van der Waals surface area contributed by atoms with Crippen molar-refractivity contribution in [3.05, 3.63) is 42.5 Å². The summed E-state index contributed by atoms with van der Waals surface area (Å²) in [5.41, 5.74) is 5.31. The zero-order valence-corrected chi connectivity index (χ0v) is 8.63. The van der Waals surface area contributed by atoms with Crippen molar-refractivity contribution >= 4 is 16.6 Å². The molecule has 0 fully saturated rings. The Morgan fingerprint density at radius 3 is 2.69 bits per heavy atom. The van der Waals surface area contributed by atoms with Crippen LogP contribution >= 0.6 is 0 Å². The van der Waals surface area contributed by atoms with Crippen molar-refractivity contribution in [3.8, 4) is 5.75 Å². The first-order valence-electron chi connectivity index (χ1n) is 4.87. The highest BCUT2D eigenvalue weighted by Gasteiger charge is 1.98. The number of ether oxygens (including phenoxy) is 1. The Balaban J connectivity index is 2.20. The minimum absolute atomic E-state index is 0.0492. The van der Waals surface area contributed by atoms with Gasteiger partial charge in [0.2, 0.25) is 0 Å². The molecular formula is C12H12N2O2. The van der Waals surface area contributed by atoms with Gasteiger partial charge >= 0.3 is 0 Å². The minimum Gasteiger partial charge on any atom is -0.486 e. The number of nitrogens with zero attached hydrogens (tertiary/aromatic N) is 1. The molecule has 0 amide bonds. The van der Waals surface area contributed by atoms with Crippen LogP contribution in [0.4, 0.5) is 0 Å². The Morgan fingerprint density at radius 1 is 1.19 bits per heavy atom. The van der Waals surface area contributed by atoms with Crippen molar-refractivity contribution in [2.24, 2.45) is 10.9 Å². The number of amidine groups is 1. The number of rotatable bonds is 3. The molecule has 2 rings (SSSR count). The van der Waals surface area contributed by atoms with E-state index in [2.05, 4.69) is 5.16 Å². The van der Waals surface area contributed by atoms with Gasteiger partial charge in [-0.05, 0) is 22.9 Å². The maximum Gasteiger partial charge on any atom is 0.177 e. The predicted molar refractivity (Wildman–Crippen MR) is 62.9 cm³/mol. The van der Waals surface area contributed by atoms with Crippen LogP contribution in [0.25, 0.3) is 10.8 Å². The van der Waals surface area contributed by atoms with Gasteiger partial charge in [-0.3, -0.25) is 0 Å². The summed E-state index contributed by atoms with van der Waals surface area (Å²) in [4.78, 5) is 0. The first-order chi connectivity index (χ1) is 7.79. The van der Waals surface area contributed by atoms with E-state index in [1.165, 1.54) is 0 Å². The van der Waals surface area contributed by atoms with E-state index in [4.69, 9.17) is 15.7 Å². The summed E-state index contributed by atoms with van der Waals surface area (Å²) in [6.45, 7) is 0.0782. The fourth-order valence-electron chi connectivity index (χ4n) is 1.44.